The number of hydrogen-bond donors (Lipinski definition) is 2. The van der Waals surface area contributed by atoms with Gasteiger partial charge in [0.1, 0.15) is 0 Å². The molecule has 2 N–H and O–H groups in total. The van der Waals surface area contributed by atoms with Gasteiger partial charge in [-0.15, -0.1) is 5.10 Å². The van der Waals surface area contributed by atoms with Gasteiger partial charge in [-0.05, 0) is 61.6 Å². The van der Waals surface area contributed by atoms with Gasteiger partial charge in [-0.3, -0.25) is 0 Å². The average Bonchev–Trinajstić information content (AvgIpc) is 2.71. The first kappa shape index (κ1) is 18.2. The van der Waals surface area contributed by atoms with E-state index in [0.717, 1.165) is 35.9 Å². The van der Waals surface area contributed by atoms with Gasteiger partial charge in [-0.2, -0.15) is 10.1 Å². The summed E-state index contributed by atoms with van der Waals surface area (Å²) >= 11 is 0. The summed E-state index contributed by atoms with van der Waals surface area (Å²) < 4.78 is 0. The van der Waals surface area contributed by atoms with Crippen LogP contribution < -0.4 is 15.5 Å². The molecule has 1 aromatic heterocycles. The molecule has 2 heterocycles. The molecule has 0 amide bonds. The van der Waals surface area contributed by atoms with Crippen LogP contribution in [0.3, 0.4) is 0 Å². The number of benzene rings is 2. The maximum Gasteiger partial charge on any atom is 0.249 e. The first-order valence-electron chi connectivity index (χ1n) is 9.82. The summed E-state index contributed by atoms with van der Waals surface area (Å²) in [4.78, 5) is 6.97. The van der Waals surface area contributed by atoms with E-state index in [4.69, 9.17) is 0 Å². The van der Waals surface area contributed by atoms with Crippen LogP contribution in [0.1, 0.15) is 25.3 Å². The molecule has 4 rings (SSSR count). The fraction of sp³-hybridized carbons (Fsp3) is 0.318. The molecule has 6 nitrogen and oxygen atoms in total. The van der Waals surface area contributed by atoms with Crippen LogP contribution in [-0.2, 0) is 0 Å². The third-order valence-corrected chi connectivity index (χ3v) is 5.24. The van der Waals surface area contributed by atoms with Crippen LogP contribution in [0, 0.1) is 12.8 Å². The van der Waals surface area contributed by atoms with Crippen LogP contribution in [0.4, 0.5) is 28.8 Å². The van der Waals surface area contributed by atoms with Crippen molar-refractivity contribution in [2.45, 2.75) is 26.7 Å². The second-order valence-electron chi connectivity index (χ2n) is 7.45. The molecule has 3 aromatic rings. The Morgan fingerprint density at radius 2 is 1.71 bits per heavy atom. The van der Waals surface area contributed by atoms with Gasteiger partial charge < -0.3 is 15.5 Å². The fourth-order valence-electron chi connectivity index (χ4n) is 3.42. The molecule has 1 aliphatic rings. The third kappa shape index (κ3) is 4.39. The lowest BCUT2D eigenvalue weighted by Crippen LogP contribution is -2.32. The quantitative estimate of drug-likeness (QED) is 0.662. The van der Waals surface area contributed by atoms with Crippen molar-refractivity contribution in [2.75, 3.05) is 28.6 Å². The van der Waals surface area contributed by atoms with Crippen molar-refractivity contribution in [3.8, 4) is 0 Å². The molecule has 0 aliphatic carbocycles. The molecular weight excluding hydrogens is 348 g/mol. The predicted molar refractivity (Wildman–Crippen MR) is 115 cm³/mol. The number of aryl methyl sites for hydroxylation is 1. The van der Waals surface area contributed by atoms with Crippen LogP contribution in [0.5, 0.6) is 0 Å². The number of rotatable bonds is 5. The second-order valence-corrected chi connectivity index (χ2v) is 7.45. The van der Waals surface area contributed by atoms with E-state index in [0.29, 0.717) is 11.8 Å². The van der Waals surface area contributed by atoms with E-state index >= 15 is 0 Å². The molecule has 28 heavy (non-hydrogen) atoms. The summed E-state index contributed by atoms with van der Waals surface area (Å²) in [6.07, 6.45) is 4.15. The van der Waals surface area contributed by atoms with Gasteiger partial charge in [-0.25, -0.2) is 0 Å². The average molecular weight is 374 g/mol. The van der Waals surface area contributed by atoms with Crippen molar-refractivity contribution in [3.63, 3.8) is 0 Å². The van der Waals surface area contributed by atoms with Gasteiger partial charge in [-0.1, -0.05) is 25.1 Å². The van der Waals surface area contributed by atoms with Gasteiger partial charge in [0.05, 0.1) is 6.20 Å². The summed E-state index contributed by atoms with van der Waals surface area (Å²) in [5.41, 5.74) is 4.38. The van der Waals surface area contributed by atoms with Crippen molar-refractivity contribution in [1.82, 2.24) is 15.2 Å². The van der Waals surface area contributed by atoms with Crippen LogP contribution >= 0.6 is 0 Å². The predicted octanol–water partition coefficient (Wildman–Crippen LogP) is 4.90. The van der Waals surface area contributed by atoms with E-state index in [9.17, 15) is 0 Å². The third-order valence-electron chi connectivity index (χ3n) is 5.24. The van der Waals surface area contributed by atoms with Crippen molar-refractivity contribution in [2.24, 2.45) is 5.92 Å². The van der Waals surface area contributed by atoms with Crippen molar-refractivity contribution >= 4 is 28.8 Å². The van der Waals surface area contributed by atoms with Gasteiger partial charge in [0.15, 0.2) is 5.82 Å². The Bertz CT molecular complexity index is 916. The number of piperidine rings is 1. The molecule has 0 spiro atoms. The standard InChI is InChI=1S/C22H26N6/c1-16-11-13-28(14-12-16)19-9-7-18(8-10-19)24-22-26-21(15-23-27-22)25-20-6-4-3-5-17(20)2/h3-10,15-16H,11-14H2,1-2H3,(H2,24,25,26,27). The fourth-order valence-corrected chi connectivity index (χ4v) is 3.42. The van der Waals surface area contributed by atoms with Gasteiger partial charge in [0.25, 0.3) is 0 Å². The van der Waals surface area contributed by atoms with Crippen LogP contribution in [0.2, 0.25) is 0 Å². The first-order valence-corrected chi connectivity index (χ1v) is 9.82. The van der Waals surface area contributed by atoms with E-state index in [1.807, 2.05) is 18.2 Å². The number of hydrogen-bond acceptors (Lipinski definition) is 6. The topological polar surface area (TPSA) is 66.0 Å². The molecule has 0 saturated carbocycles. The normalized spacial score (nSPS) is 14.7. The highest BCUT2D eigenvalue weighted by molar-refractivity contribution is 5.62. The highest BCUT2D eigenvalue weighted by Crippen LogP contribution is 2.25. The van der Waals surface area contributed by atoms with E-state index in [1.165, 1.54) is 18.5 Å². The zero-order chi connectivity index (χ0) is 19.3. The molecular formula is C22H26N6. The number of para-hydroxylation sites is 1. The van der Waals surface area contributed by atoms with Crippen molar-refractivity contribution < 1.29 is 0 Å². The molecule has 2 aromatic carbocycles. The smallest absolute Gasteiger partial charge is 0.249 e. The van der Waals surface area contributed by atoms with Crippen molar-refractivity contribution in [1.29, 1.82) is 0 Å². The summed E-state index contributed by atoms with van der Waals surface area (Å²) in [5.74, 6) is 1.96. The minimum Gasteiger partial charge on any atom is -0.372 e. The summed E-state index contributed by atoms with van der Waals surface area (Å²) in [6, 6.07) is 16.5. The SMILES string of the molecule is Cc1ccccc1Nc1cnnc(Nc2ccc(N3CCC(C)CC3)cc2)n1. The minimum atomic E-state index is 0.470. The second kappa shape index (κ2) is 8.25. The lowest BCUT2D eigenvalue weighted by molar-refractivity contribution is 0.438. The van der Waals surface area contributed by atoms with Crippen LogP contribution in [0.25, 0.3) is 0 Å². The van der Waals surface area contributed by atoms with E-state index < -0.39 is 0 Å². The molecule has 1 fully saturated rings. The Kier molecular flexibility index (Phi) is 5.37. The first-order chi connectivity index (χ1) is 13.7. The summed E-state index contributed by atoms with van der Waals surface area (Å²) in [7, 11) is 0. The van der Waals surface area contributed by atoms with E-state index in [-0.39, 0.29) is 0 Å². The molecule has 1 aliphatic heterocycles. The van der Waals surface area contributed by atoms with E-state index in [2.05, 4.69) is 74.9 Å². The molecule has 0 radical (unpaired) electrons. The maximum atomic E-state index is 4.52. The number of aromatic nitrogens is 3. The molecule has 0 atom stereocenters. The van der Waals surface area contributed by atoms with Gasteiger partial charge >= 0.3 is 0 Å². The van der Waals surface area contributed by atoms with Crippen LogP contribution in [-0.4, -0.2) is 28.3 Å². The molecule has 0 unspecified atom stereocenters. The lowest BCUT2D eigenvalue weighted by atomic mass is 9.99. The number of anilines is 5. The van der Waals surface area contributed by atoms with Crippen LogP contribution in [0.15, 0.2) is 54.7 Å². The van der Waals surface area contributed by atoms with E-state index in [1.54, 1.807) is 6.20 Å². The Morgan fingerprint density at radius 3 is 2.46 bits per heavy atom. The monoisotopic (exact) mass is 374 g/mol. The summed E-state index contributed by atoms with van der Waals surface area (Å²) in [5, 5.41) is 14.7. The Hall–Kier alpha value is -3.15. The lowest BCUT2D eigenvalue weighted by Gasteiger charge is -2.32. The minimum absolute atomic E-state index is 0.470. The Morgan fingerprint density at radius 1 is 0.964 bits per heavy atom. The molecule has 1 saturated heterocycles. The maximum absolute atomic E-state index is 4.52. The molecule has 0 bridgehead atoms. The summed E-state index contributed by atoms with van der Waals surface area (Å²) in [6.45, 7) is 6.66. The number of nitrogens with one attached hydrogen (secondary N) is 2. The Balaban J connectivity index is 1.42. The number of nitrogens with zero attached hydrogens (tertiary/aromatic N) is 4. The molecule has 144 valence electrons. The zero-order valence-corrected chi connectivity index (χ0v) is 16.4. The highest BCUT2D eigenvalue weighted by Gasteiger charge is 2.15. The zero-order valence-electron chi connectivity index (χ0n) is 16.4. The largest absolute Gasteiger partial charge is 0.372 e. The highest BCUT2D eigenvalue weighted by atomic mass is 15.3. The van der Waals surface area contributed by atoms with Gasteiger partial charge in [0, 0.05) is 30.2 Å². The van der Waals surface area contributed by atoms with Gasteiger partial charge in [0.2, 0.25) is 5.95 Å². The molecule has 6 heteroatoms. The Labute approximate surface area is 166 Å². The van der Waals surface area contributed by atoms with Crippen molar-refractivity contribution in [3.05, 3.63) is 60.3 Å².